The molecule has 0 aromatic rings. The Labute approximate surface area is 86.1 Å². The van der Waals surface area contributed by atoms with E-state index >= 15 is 0 Å². The van der Waals surface area contributed by atoms with Crippen LogP contribution in [0.15, 0.2) is 0 Å². The van der Waals surface area contributed by atoms with Crippen LogP contribution in [-0.4, -0.2) is 35.1 Å². The fourth-order valence-electron chi connectivity index (χ4n) is 2.14. The van der Waals surface area contributed by atoms with Crippen LogP contribution in [0.5, 0.6) is 0 Å². The van der Waals surface area contributed by atoms with Crippen molar-refractivity contribution in [3.05, 3.63) is 0 Å². The van der Waals surface area contributed by atoms with Crippen molar-refractivity contribution in [3.8, 4) is 0 Å². The minimum atomic E-state index is -0.789. The number of carbonyl (C=O) groups excluding carboxylic acids is 1. The highest BCUT2D eigenvalue weighted by Gasteiger charge is 2.27. The maximum Gasteiger partial charge on any atom is 0.225 e. The molecule has 1 saturated carbocycles. The first-order valence-electron chi connectivity index (χ1n) is 5.37. The van der Waals surface area contributed by atoms with Crippen molar-refractivity contribution < 1.29 is 9.90 Å². The lowest BCUT2D eigenvalue weighted by Gasteiger charge is -2.27. The average molecular weight is 199 g/mol. The molecule has 0 spiro atoms. The second-order valence-electron chi connectivity index (χ2n) is 4.99. The molecule has 82 valence electrons. The van der Waals surface area contributed by atoms with E-state index < -0.39 is 5.60 Å². The van der Waals surface area contributed by atoms with Crippen LogP contribution in [0, 0.1) is 5.92 Å². The smallest absolute Gasteiger partial charge is 0.225 e. The van der Waals surface area contributed by atoms with E-state index in [2.05, 4.69) is 0 Å². The molecular weight excluding hydrogens is 178 g/mol. The van der Waals surface area contributed by atoms with Gasteiger partial charge in [-0.2, -0.15) is 0 Å². The first-order chi connectivity index (χ1) is 6.40. The Morgan fingerprint density at radius 3 is 2.36 bits per heavy atom. The number of carbonyl (C=O) groups is 1. The summed E-state index contributed by atoms with van der Waals surface area (Å²) in [5.74, 6) is 0.409. The number of rotatable bonds is 3. The maximum atomic E-state index is 11.8. The van der Waals surface area contributed by atoms with Crippen LogP contribution in [0.4, 0.5) is 0 Å². The Bertz CT molecular complexity index is 202. The summed E-state index contributed by atoms with van der Waals surface area (Å²) in [6, 6.07) is 0. The highest BCUT2D eigenvalue weighted by atomic mass is 16.3. The standard InChI is InChI=1S/C11H21NO2/c1-11(2,14)8-12(3)10(13)9-6-4-5-7-9/h9,14H,4-8H2,1-3H3. The minimum absolute atomic E-state index is 0.199. The average Bonchev–Trinajstić information content (AvgIpc) is 2.51. The summed E-state index contributed by atoms with van der Waals surface area (Å²) in [5.41, 5.74) is -0.789. The molecular formula is C11H21NO2. The second-order valence-corrected chi connectivity index (χ2v) is 4.99. The van der Waals surface area contributed by atoms with Crippen LogP contribution in [0.2, 0.25) is 0 Å². The summed E-state index contributed by atoms with van der Waals surface area (Å²) in [4.78, 5) is 13.5. The molecule has 0 bridgehead atoms. The number of likely N-dealkylation sites (N-methyl/N-ethyl adjacent to an activating group) is 1. The number of amides is 1. The molecule has 1 amide bonds. The zero-order chi connectivity index (χ0) is 10.8. The number of hydrogen-bond acceptors (Lipinski definition) is 2. The van der Waals surface area contributed by atoms with E-state index in [9.17, 15) is 9.90 Å². The second kappa shape index (κ2) is 4.30. The lowest BCUT2D eigenvalue weighted by Crippen LogP contribution is -2.41. The molecule has 0 saturated heterocycles. The maximum absolute atomic E-state index is 11.8. The predicted molar refractivity (Wildman–Crippen MR) is 55.9 cm³/mol. The van der Waals surface area contributed by atoms with E-state index in [0.717, 1.165) is 12.8 Å². The van der Waals surface area contributed by atoms with Gasteiger partial charge in [-0.15, -0.1) is 0 Å². The molecule has 1 rings (SSSR count). The lowest BCUT2D eigenvalue weighted by molar-refractivity contribution is -0.136. The van der Waals surface area contributed by atoms with Crippen LogP contribution in [0.3, 0.4) is 0 Å². The quantitative estimate of drug-likeness (QED) is 0.746. The number of hydrogen-bond donors (Lipinski definition) is 1. The van der Waals surface area contributed by atoms with Gasteiger partial charge in [0.25, 0.3) is 0 Å². The van der Waals surface area contributed by atoms with Crippen molar-refractivity contribution in [1.82, 2.24) is 4.90 Å². The Kier molecular flexibility index (Phi) is 3.53. The molecule has 14 heavy (non-hydrogen) atoms. The third kappa shape index (κ3) is 3.29. The largest absolute Gasteiger partial charge is 0.389 e. The van der Waals surface area contributed by atoms with Crippen molar-refractivity contribution in [2.75, 3.05) is 13.6 Å². The topological polar surface area (TPSA) is 40.5 Å². The van der Waals surface area contributed by atoms with Crippen LogP contribution < -0.4 is 0 Å². The molecule has 1 N–H and O–H groups in total. The van der Waals surface area contributed by atoms with Gasteiger partial charge in [0.05, 0.1) is 5.60 Å². The van der Waals surface area contributed by atoms with E-state index in [1.54, 1.807) is 25.8 Å². The number of nitrogens with zero attached hydrogens (tertiary/aromatic N) is 1. The fourth-order valence-corrected chi connectivity index (χ4v) is 2.14. The molecule has 0 atom stereocenters. The molecule has 0 heterocycles. The summed E-state index contributed by atoms with van der Waals surface area (Å²) in [5, 5.41) is 9.59. The van der Waals surface area contributed by atoms with Crippen LogP contribution in [-0.2, 0) is 4.79 Å². The molecule has 0 radical (unpaired) electrons. The molecule has 1 aliphatic carbocycles. The monoisotopic (exact) mass is 199 g/mol. The van der Waals surface area contributed by atoms with Gasteiger partial charge in [-0.3, -0.25) is 4.79 Å². The van der Waals surface area contributed by atoms with Gasteiger partial charge in [0, 0.05) is 19.5 Å². The third-order valence-corrected chi connectivity index (χ3v) is 2.70. The van der Waals surface area contributed by atoms with Gasteiger partial charge in [-0.05, 0) is 26.7 Å². The fraction of sp³-hybridized carbons (Fsp3) is 0.909. The van der Waals surface area contributed by atoms with Crippen LogP contribution >= 0.6 is 0 Å². The molecule has 3 heteroatoms. The van der Waals surface area contributed by atoms with E-state index in [1.807, 2.05) is 0 Å². The minimum Gasteiger partial charge on any atom is -0.389 e. The molecule has 0 aromatic heterocycles. The summed E-state index contributed by atoms with van der Waals surface area (Å²) >= 11 is 0. The van der Waals surface area contributed by atoms with Gasteiger partial charge >= 0.3 is 0 Å². The van der Waals surface area contributed by atoms with Crippen LogP contribution in [0.25, 0.3) is 0 Å². The highest BCUT2D eigenvalue weighted by molar-refractivity contribution is 5.78. The number of aliphatic hydroxyl groups is 1. The lowest BCUT2D eigenvalue weighted by atomic mass is 10.1. The molecule has 0 aromatic carbocycles. The van der Waals surface area contributed by atoms with E-state index in [-0.39, 0.29) is 11.8 Å². The Balaban J connectivity index is 2.43. The summed E-state index contributed by atoms with van der Waals surface area (Å²) in [7, 11) is 1.78. The van der Waals surface area contributed by atoms with Crippen molar-refractivity contribution in [2.45, 2.75) is 45.1 Å². The zero-order valence-electron chi connectivity index (χ0n) is 9.42. The van der Waals surface area contributed by atoms with Crippen molar-refractivity contribution in [3.63, 3.8) is 0 Å². The predicted octanol–water partition coefficient (Wildman–Crippen LogP) is 1.41. The van der Waals surface area contributed by atoms with Crippen molar-refractivity contribution in [2.24, 2.45) is 5.92 Å². The van der Waals surface area contributed by atoms with E-state index in [4.69, 9.17) is 0 Å². The first kappa shape index (κ1) is 11.5. The molecule has 1 aliphatic rings. The summed E-state index contributed by atoms with van der Waals surface area (Å²) in [6.45, 7) is 3.87. The SMILES string of the molecule is CN(CC(C)(C)O)C(=O)C1CCCC1. The van der Waals surface area contributed by atoms with E-state index in [0.29, 0.717) is 6.54 Å². The summed E-state index contributed by atoms with van der Waals surface area (Å²) in [6.07, 6.45) is 4.39. The van der Waals surface area contributed by atoms with Gasteiger partial charge in [-0.25, -0.2) is 0 Å². The van der Waals surface area contributed by atoms with Gasteiger partial charge in [0.1, 0.15) is 0 Å². The molecule has 0 unspecified atom stereocenters. The molecule has 0 aliphatic heterocycles. The van der Waals surface area contributed by atoms with Gasteiger partial charge in [0.2, 0.25) is 5.91 Å². The Morgan fingerprint density at radius 1 is 1.43 bits per heavy atom. The van der Waals surface area contributed by atoms with Crippen molar-refractivity contribution in [1.29, 1.82) is 0 Å². The van der Waals surface area contributed by atoms with Gasteiger partial charge in [-0.1, -0.05) is 12.8 Å². The van der Waals surface area contributed by atoms with Gasteiger partial charge in [0.15, 0.2) is 0 Å². The normalized spacial score (nSPS) is 18.6. The first-order valence-corrected chi connectivity index (χ1v) is 5.37. The van der Waals surface area contributed by atoms with Crippen LogP contribution in [0.1, 0.15) is 39.5 Å². The van der Waals surface area contributed by atoms with Gasteiger partial charge < -0.3 is 10.0 Å². The zero-order valence-corrected chi connectivity index (χ0v) is 9.42. The summed E-state index contributed by atoms with van der Waals surface area (Å²) < 4.78 is 0. The van der Waals surface area contributed by atoms with Crippen molar-refractivity contribution >= 4 is 5.91 Å². The third-order valence-electron chi connectivity index (χ3n) is 2.70. The molecule has 1 fully saturated rings. The molecule has 3 nitrogen and oxygen atoms in total. The Morgan fingerprint density at radius 2 is 1.93 bits per heavy atom. The van der Waals surface area contributed by atoms with E-state index in [1.165, 1.54) is 12.8 Å². The Hall–Kier alpha value is -0.570. The highest BCUT2D eigenvalue weighted by Crippen LogP contribution is 2.26.